The highest BCUT2D eigenvalue weighted by Crippen LogP contribution is 1.99. The van der Waals surface area contributed by atoms with Crippen LogP contribution in [0.3, 0.4) is 0 Å². The number of aromatic amines is 1. The molecule has 1 aromatic rings. The van der Waals surface area contributed by atoms with Crippen molar-refractivity contribution in [2.45, 2.75) is 19.5 Å². The second-order valence-corrected chi connectivity index (χ2v) is 5.09. The Bertz CT molecular complexity index is 641. The molecule has 0 spiro atoms. The van der Waals surface area contributed by atoms with Gasteiger partial charge in [-0.15, -0.1) is 4.48 Å². The monoisotopic (exact) mass is 332 g/mol. The van der Waals surface area contributed by atoms with E-state index in [9.17, 15) is 18.9 Å². The Morgan fingerprint density at radius 2 is 2.27 bits per heavy atom. The summed E-state index contributed by atoms with van der Waals surface area (Å²) in [5.41, 5.74) is 0.971. The lowest BCUT2D eigenvalue weighted by Crippen LogP contribution is -2.46. The van der Waals surface area contributed by atoms with Crippen LogP contribution < -0.4 is 11.1 Å². The molecule has 0 aliphatic rings. The Morgan fingerprint density at radius 3 is 2.77 bits per heavy atom. The summed E-state index contributed by atoms with van der Waals surface area (Å²) >= 11 is 4.92. The van der Waals surface area contributed by atoms with E-state index in [1.807, 2.05) is 0 Å². The Morgan fingerprint density at radius 1 is 1.59 bits per heavy atom. The lowest BCUT2D eigenvalue weighted by atomic mass is 10.2. The molecule has 0 saturated carbocycles. The van der Waals surface area contributed by atoms with Gasteiger partial charge in [0, 0.05) is 18.8 Å². The maximum absolute atomic E-state index is 12.5. The van der Waals surface area contributed by atoms with Crippen molar-refractivity contribution < 1.29 is 19.2 Å². The van der Waals surface area contributed by atoms with Gasteiger partial charge in [0.2, 0.25) is 5.91 Å². The fourth-order valence-corrected chi connectivity index (χ4v) is 1.96. The number of carbonyl (C=O) groups excluding carboxylic acids is 2. The zero-order chi connectivity index (χ0) is 16.7. The lowest BCUT2D eigenvalue weighted by molar-refractivity contribution is -0.136. The molecule has 0 bridgehead atoms. The molecule has 122 valence electrons. The average molecular weight is 332 g/mol. The van der Waals surface area contributed by atoms with E-state index < -0.39 is 24.1 Å². The minimum Gasteiger partial charge on any atom is -0.395 e. The van der Waals surface area contributed by atoms with Gasteiger partial charge in [-0.3, -0.25) is 19.4 Å². The molecule has 1 amide bonds. The lowest BCUT2D eigenvalue weighted by Gasteiger charge is -2.25. The van der Waals surface area contributed by atoms with Crippen LogP contribution in [0.2, 0.25) is 0 Å². The van der Waals surface area contributed by atoms with Gasteiger partial charge < -0.3 is 14.6 Å². The van der Waals surface area contributed by atoms with Crippen molar-refractivity contribution in [3.05, 3.63) is 27.4 Å². The molecule has 1 atom stereocenters. The van der Waals surface area contributed by atoms with Crippen molar-refractivity contribution in [2.24, 2.45) is 0 Å². The normalized spacial score (nSPS) is 12.0. The number of nitrogens with zero attached hydrogens (tertiary/aromatic N) is 2. The number of aliphatic hydroxyl groups is 1. The Hall–Kier alpha value is -1.91. The van der Waals surface area contributed by atoms with Gasteiger partial charge in [-0.2, -0.15) is 5.54 Å². The highest BCUT2D eigenvalue weighted by atomic mass is 32.1. The quantitative estimate of drug-likeness (QED) is 0.423. The number of aliphatic hydroxyl groups excluding tert-OH is 1. The van der Waals surface area contributed by atoms with Crippen LogP contribution in [0, 0.1) is 4.77 Å². The van der Waals surface area contributed by atoms with Gasteiger partial charge in [-0.1, -0.05) is 0 Å². The van der Waals surface area contributed by atoms with Crippen LogP contribution in [0.5, 0.6) is 0 Å². The van der Waals surface area contributed by atoms with Gasteiger partial charge in [0.1, 0.15) is 12.3 Å². The van der Waals surface area contributed by atoms with Gasteiger partial charge in [0.25, 0.3) is 5.56 Å². The second-order valence-electron chi connectivity index (χ2n) is 4.70. The molecular formula is C12H17FN4O4S. The first-order chi connectivity index (χ1) is 10.4. The SMILES string of the molecule is CC(=O)CN(CC(CO)NF)C(=O)Cn1ccc(=O)[nH]c1=S. The van der Waals surface area contributed by atoms with Crippen molar-refractivity contribution in [1.29, 1.82) is 0 Å². The van der Waals surface area contributed by atoms with Crippen LogP contribution in [-0.2, 0) is 16.1 Å². The minimum atomic E-state index is -0.994. The minimum absolute atomic E-state index is 0.0611. The van der Waals surface area contributed by atoms with Gasteiger partial charge in [-0.25, -0.2) is 0 Å². The number of hydrogen-bond donors (Lipinski definition) is 3. The first-order valence-electron chi connectivity index (χ1n) is 6.41. The first-order valence-corrected chi connectivity index (χ1v) is 6.82. The summed E-state index contributed by atoms with van der Waals surface area (Å²) in [4.78, 5) is 38.0. The number of H-pyrrole nitrogens is 1. The van der Waals surface area contributed by atoms with Crippen LogP contribution in [0.15, 0.2) is 17.1 Å². The molecule has 1 heterocycles. The maximum atomic E-state index is 12.5. The zero-order valence-corrected chi connectivity index (χ0v) is 12.7. The van der Waals surface area contributed by atoms with E-state index in [-0.39, 0.29) is 30.2 Å². The predicted octanol–water partition coefficient (Wildman–Crippen LogP) is -0.842. The summed E-state index contributed by atoms with van der Waals surface area (Å²) < 4.78 is 13.8. The average Bonchev–Trinajstić information content (AvgIpc) is 2.45. The van der Waals surface area contributed by atoms with Crippen LogP contribution >= 0.6 is 12.2 Å². The topological polar surface area (TPSA) is 107 Å². The number of nitrogens with one attached hydrogen (secondary N) is 2. The fourth-order valence-electron chi connectivity index (χ4n) is 1.73. The molecule has 0 saturated heterocycles. The van der Waals surface area contributed by atoms with Gasteiger partial charge in [0.05, 0.1) is 19.2 Å². The van der Waals surface area contributed by atoms with Crippen molar-refractivity contribution in [3.8, 4) is 0 Å². The molecule has 0 radical (unpaired) electrons. The fraction of sp³-hybridized carbons (Fsp3) is 0.500. The predicted molar refractivity (Wildman–Crippen MR) is 78.3 cm³/mol. The number of amides is 1. The molecule has 1 aromatic heterocycles. The Balaban J connectivity index is 2.88. The summed E-state index contributed by atoms with van der Waals surface area (Å²) in [5.74, 6) is -0.777. The number of hydrogen-bond acceptors (Lipinski definition) is 6. The third kappa shape index (κ3) is 5.47. The summed E-state index contributed by atoms with van der Waals surface area (Å²) in [6.45, 7) is 0.155. The van der Waals surface area contributed by atoms with Crippen molar-refractivity contribution in [1.82, 2.24) is 20.0 Å². The molecule has 1 rings (SSSR count). The van der Waals surface area contributed by atoms with Gasteiger partial charge in [-0.05, 0) is 19.1 Å². The molecule has 22 heavy (non-hydrogen) atoms. The van der Waals surface area contributed by atoms with E-state index in [0.29, 0.717) is 0 Å². The highest BCUT2D eigenvalue weighted by molar-refractivity contribution is 7.71. The zero-order valence-electron chi connectivity index (χ0n) is 11.9. The Labute approximate surface area is 130 Å². The Kier molecular flexibility index (Phi) is 7.02. The van der Waals surface area contributed by atoms with Crippen LogP contribution in [0.1, 0.15) is 6.92 Å². The number of halogens is 1. The second kappa shape index (κ2) is 8.51. The summed E-state index contributed by atoms with van der Waals surface area (Å²) in [7, 11) is 0. The van der Waals surface area contributed by atoms with E-state index in [2.05, 4.69) is 4.98 Å². The number of carbonyl (C=O) groups is 2. The summed E-state index contributed by atoms with van der Waals surface area (Å²) in [5, 5.41) is 8.97. The first kappa shape index (κ1) is 18.1. The van der Waals surface area contributed by atoms with E-state index in [4.69, 9.17) is 17.3 Å². The highest BCUT2D eigenvalue weighted by Gasteiger charge is 2.20. The van der Waals surface area contributed by atoms with E-state index in [0.717, 1.165) is 4.90 Å². The van der Waals surface area contributed by atoms with Crippen LogP contribution in [-0.4, -0.2) is 57.0 Å². The van der Waals surface area contributed by atoms with E-state index in [1.165, 1.54) is 29.3 Å². The van der Waals surface area contributed by atoms with Gasteiger partial charge >= 0.3 is 0 Å². The molecule has 1 unspecified atom stereocenters. The molecular weight excluding hydrogens is 315 g/mol. The van der Waals surface area contributed by atoms with E-state index >= 15 is 0 Å². The van der Waals surface area contributed by atoms with Crippen LogP contribution in [0.4, 0.5) is 4.48 Å². The number of aromatic nitrogens is 2. The molecule has 10 heteroatoms. The number of Topliss-reactive ketones (excluding diaryl/α,β-unsaturated/α-hetero) is 1. The molecule has 0 aromatic carbocycles. The third-order valence-corrected chi connectivity index (χ3v) is 3.12. The molecule has 8 nitrogen and oxygen atoms in total. The molecule has 0 aliphatic heterocycles. The van der Waals surface area contributed by atoms with E-state index in [1.54, 1.807) is 0 Å². The maximum Gasteiger partial charge on any atom is 0.251 e. The van der Waals surface area contributed by atoms with Gasteiger partial charge in [0.15, 0.2) is 4.77 Å². The molecule has 0 fully saturated rings. The summed E-state index contributed by atoms with van der Waals surface area (Å²) in [6.07, 6.45) is 1.35. The largest absolute Gasteiger partial charge is 0.395 e. The van der Waals surface area contributed by atoms with Crippen LogP contribution in [0.25, 0.3) is 0 Å². The molecule has 0 aliphatic carbocycles. The van der Waals surface area contributed by atoms with Crippen molar-refractivity contribution in [3.63, 3.8) is 0 Å². The smallest absolute Gasteiger partial charge is 0.251 e. The third-order valence-electron chi connectivity index (χ3n) is 2.78. The summed E-state index contributed by atoms with van der Waals surface area (Å²) in [6, 6.07) is 0.213. The molecule has 3 N–H and O–H groups in total. The number of rotatable bonds is 8. The van der Waals surface area contributed by atoms with Crippen molar-refractivity contribution in [2.75, 3.05) is 19.7 Å². The number of ketones is 1. The van der Waals surface area contributed by atoms with Crippen molar-refractivity contribution >= 4 is 23.9 Å². The standard InChI is InChI=1S/C12H17FN4O4S/c1-8(19)4-17(5-9(7-18)15-13)11(21)6-16-3-2-10(20)14-12(16)22/h2-3,9,15,18H,4-7H2,1H3,(H,14,20,22).